The Morgan fingerprint density at radius 3 is 2.76 bits per heavy atom. The summed E-state index contributed by atoms with van der Waals surface area (Å²) in [6.07, 6.45) is 3.05. The summed E-state index contributed by atoms with van der Waals surface area (Å²) < 4.78 is 0. The minimum absolute atomic E-state index is 0.276. The number of nitrogens with one attached hydrogen (secondary N) is 1. The van der Waals surface area contributed by atoms with Gasteiger partial charge in [0.2, 0.25) is 0 Å². The summed E-state index contributed by atoms with van der Waals surface area (Å²) in [6, 6.07) is 7.69. The van der Waals surface area contributed by atoms with Crippen LogP contribution in [-0.4, -0.2) is 9.97 Å². The summed E-state index contributed by atoms with van der Waals surface area (Å²) in [4.78, 5) is 7.97. The molecule has 0 atom stereocenters. The molecule has 0 fully saturated rings. The molecule has 1 aromatic heterocycles. The molecule has 2 aromatic rings. The molecular formula is C12H9ClN4. The standard InChI is InChI=1S/C12H9ClN4/c1-8-3-2-4-10(9(8)7-14)17-12-11(13)15-5-6-16-12/h2-6H,1H3,(H,16,17). The van der Waals surface area contributed by atoms with Gasteiger partial charge < -0.3 is 5.32 Å². The summed E-state index contributed by atoms with van der Waals surface area (Å²) in [5, 5.41) is 12.4. The topological polar surface area (TPSA) is 61.6 Å². The lowest BCUT2D eigenvalue weighted by Crippen LogP contribution is -1.98. The molecule has 0 spiro atoms. The van der Waals surface area contributed by atoms with E-state index in [-0.39, 0.29) is 5.15 Å². The first-order valence-corrected chi connectivity index (χ1v) is 5.33. The Balaban J connectivity index is 2.41. The first-order chi connectivity index (χ1) is 8.22. The average Bonchev–Trinajstić information content (AvgIpc) is 2.32. The van der Waals surface area contributed by atoms with Crippen molar-refractivity contribution in [3.63, 3.8) is 0 Å². The SMILES string of the molecule is Cc1cccc(Nc2nccnc2Cl)c1C#N. The molecule has 2 rings (SSSR count). The van der Waals surface area contributed by atoms with Crippen molar-refractivity contribution in [1.82, 2.24) is 9.97 Å². The van der Waals surface area contributed by atoms with Gasteiger partial charge >= 0.3 is 0 Å². The van der Waals surface area contributed by atoms with Crippen molar-refractivity contribution in [2.75, 3.05) is 5.32 Å². The first kappa shape index (κ1) is 11.4. The van der Waals surface area contributed by atoms with E-state index in [1.165, 1.54) is 12.4 Å². The third-order valence-corrected chi connectivity index (χ3v) is 2.57. The minimum atomic E-state index is 0.276. The van der Waals surface area contributed by atoms with E-state index >= 15 is 0 Å². The van der Waals surface area contributed by atoms with Gasteiger partial charge in [0.1, 0.15) is 6.07 Å². The molecular weight excluding hydrogens is 236 g/mol. The van der Waals surface area contributed by atoms with Gasteiger partial charge in [-0.25, -0.2) is 9.97 Å². The van der Waals surface area contributed by atoms with Gasteiger partial charge in [-0.1, -0.05) is 23.7 Å². The van der Waals surface area contributed by atoms with E-state index in [1.54, 1.807) is 6.07 Å². The van der Waals surface area contributed by atoms with Gasteiger partial charge in [-0.05, 0) is 18.6 Å². The molecule has 5 heteroatoms. The van der Waals surface area contributed by atoms with Gasteiger partial charge in [-0.15, -0.1) is 0 Å². The molecule has 4 nitrogen and oxygen atoms in total. The number of anilines is 2. The highest BCUT2D eigenvalue weighted by Crippen LogP contribution is 2.24. The summed E-state index contributed by atoms with van der Waals surface area (Å²) in [5.41, 5.74) is 2.15. The number of hydrogen-bond donors (Lipinski definition) is 1. The number of halogens is 1. The zero-order chi connectivity index (χ0) is 12.3. The third-order valence-electron chi connectivity index (χ3n) is 2.29. The highest BCUT2D eigenvalue weighted by molar-refractivity contribution is 6.31. The van der Waals surface area contributed by atoms with Crippen LogP contribution in [0.5, 0.6) is 0 Å². The Kier molecular flexibility index (Phi) is 3.22. The number of nitriles is 1. The first-order valence-electron chi connectivity index (χ1n) is 4.95. The van der Waals surface area contributed by atoms with Crippen molar-refractivity contribution in [2.45, 2.75) is 6.92 Å². The molecule has 84 valence electrons. The molecule has 0 saturated heterocycles. The van der Waals surface area contributed by atoms with Crippen LogP contribution in [0.25, 0.3) is 0 Å². The Bertz CT molecular complexity index is 589. The number of nitrogens with zero attached hydrogens (tertiary/aromatic N) is 3. The number of hydrogen-bond acceptors (Lipinski definition) is 4. The van der Waals surface area contributed by atoms with E-state index in [2.05, 4.69) is 21.4 Å². The average molecular weight is 245 g/mol. The van der Waals surface area contributed by atoms with Gasteiger partial charge in [0, 0.05) is 12.4 Å². The predicted octanol–water partition coefficient (Wildman–Crippen LogP) is 3.05. The van der Waals surface area contributed by atoms with Crippen LogP contribution in [0.1, 0.15) is 11.1 Å². The van der Waals surface area contributed by atoms with Crippen LogP contribution in [0, 0.1) is 18.3 Å². The fourth-order valence-electron chi connectivity index (χ4n) is 1.45. The van der Waals surface area contributed by atoms with Crippen molar-refractivity contribution in [3.8, 4) is 6.07 Å². The van der Waals surface area contributed by atoms with Crippen LogP contribution in [0.15, 0.2) is 30.6 Å². The van der Waals surface area contributed by atoms with Crippen molar-refractivity contribution >= 4 is 23.1 Å². The van der Waals surface area contributed by atoms with Gasteiger partial charge in [0.25, 0.3) is 0 Å². The monoisotopic (exact) mass is 244 g/mol. The quantitative estimate of drug-likeness (QED) is 0.882. The lowest BCUT2D eigenvalue weighted by atomic mass is 10.1. The van der Waals surface area contributed by atoms with Gasteiger partial charge in [-0.2, -0.15) is 5.26 Å². The lowest BCUT2D eigenvalue weighted by molar-refractivity contribution is 1.20. The highest BCUT2D eigenvalue weighted by Gasteiger charge is 2.08. The second-order valence-corrected chi connectivity index (χ2v) is 3.79. The lowest BCUT2D eigenvalue weighted by Gasteiger charge is -2.09. The molecule has 0 saturated carbocycles. The van der Waals surface area contributed by atoms with Crippen molar-refractivity contribution < 1.29 is 0 Å². The Morgan fingerprint density at radius 1 is 1.29 bits per heavy atom. The van der Waals surface area contributed by atoms with Crippen LogP contribution < -0.4 is 5.32 Å². The maximum Gasteiger partial charge on any atom is 0.171 e. The largest absolute Gasteiger partial charge is 0.337 e. The van der Waals surface area contributed by atoms with Crippen molar-refractivity contribution in [2.24, 2.45) is 0 Å². The molecule has 1 N–H and O–H groups in total. The normalized spacial score (nSPS) is 9.71. The third kappa shape index (κ3) is 2.35. The van der Waals surface area contributed by atoms with Gasteiger partial charge in [0.05, 0.1) is 11.3 Å². The summed E-state index contributed by atoms with van der Waals surface area (Å²) in [6.45, 7) is 1.88. The molecule has 17 heavy (non-hydrogen) atoms. The zero-order valence-electron chi connectivity index (χ0n) is 9.11. The van der Waals surface area contributed by atoms with E-state index in [0.29, 0.717) is 17.1 Å². The van der Waals surface area contributed by atoms with Crippen LogP contribution in [0.4, 0.5) is 11.5 Å². The summed E-state index contributed by atoms with van der Waals surface area (Å²) >= 11 is 5.89. The van der Waals surface area contributed by atoms with Crippen molar-refractivity contribution in [1.29, 1.82) is 5.26 Å². The van der Waals surface area contributed by atoms with E-state index in [0.717, 1.165) is 5.56 Å². The predicted molar refractivity (Wildman–Crippen MR) is 66.2 cm³/mol. The molecule has 1 heterocycles. The summed E-state index contributed by atoms with van der Waals surface area (Å²) in [5.74, 6) is 0.441. The molecule has 0 bridgehead atoms. The number of rotatable bonds is 2. The van der Waals surface area contributed by atoms with E-state index < -0.39 is 0 Å². The Morgan fingerprint density at radius 2 is 2.06 bits per heavy atom. The molecule has 1 aromatic carbocycles. The smallest absolute Gasteiger partial charge is 0.171 e. The molecule has 0 aliphatic heterocycles. The van der Waals surface area contributed by atoms with Crippen molar-refractivity contribution in [3.05, 3.63) is 46.9 Å². The second kappa shape index (κ2) is 4.81. The Labute approximate surface area is 104 Å². The van der Waals surface area contributed by atoms with Crippen LogP contribution >= 0.6 is 11.6 Å². The van der Waals surface area contributed by atoms with Gasteiger partial charge in [0.15, 0.2) is 11.0 Å². The number of aryl methyl sites for hydroxylation is 1. The number of aromatic nitrogens is 2. The maximum absolute atomic E-state index is 9.09. The fourth-order valence-corrected chi connectivity index (χ4v) is 1.61. The molecule has 0 aliphatic rings. The highest BCUT2D eigenvalue weighted by atomic mass is 35.5. The van der Waals surface area contributed by atoms with Crippen LogP contribution in [0.3, 0.4) is 0 Å². The Hall–Kier alpha value is -2.12. The molecule has 0 unspecified atom stereocenters. The van der Waals surface area contributed by atoms with Crippen LogP contribution in [-0.2, 0) is 0 Å². The molecule has 0 amide bonds. The van der Waals surface area contributed by atoms with Crippen LogP contribution in [0.2, 0.25) is 5.15 Å². The van der Waals surface area contributed by atoms with Gasteiger partial charge in [-0.3, -0.25) is 0 Å². The van der Waals surface area contributed by atoms with E-state index in [1.807, 2.05) is 19.1 Å². The van der Waals surface area contributed by atoms with E-state index in [4.69, 9.17) is 16.9 Å². The minimum Gasteiger partial charge on any atom is -0.337 e. The maximum atomic E-state index is 9.09. The number of benzene rings is 1. The zero-order valence-corrected chi connectivity index (χ0v) is 9.86. The van der Waals surface area contributed by atoms with E-state index in [9.17, 15) is 0 Å². The second-order valence-electron chi connectivity index (χ2n) is 3.43. The summed E-state index contributed by atoms with van der Waals surface area (Å²) in [7, 11) is 0. The fraction of sp³-hybridized carbons (Fsp3) is 0.0833. The molecule has 0 aliphatic carbocycles. The molecule has 0 radical (unpaired) electrons.